The minimum absolute atomic E-state index is 0.103. The van der Waals surface area contributed by atoms with Gasteiger partial charge in [0.2, 0.25) is 11.8 Å². The lowest BCUT2D eigenvalue weighted by atomic mass is 9.95. The van der Waals surface area contributed by atoms with Crippen molar-refractivity contribution in [3.8, 4) is 0 Å². The van der Waals surface area contributed by atoms with Gasteiger partial charge in [-0.05, 0) is 69.4 Å². The zero-order chi connectivity index (χ0) is 29.4. The van der Waals surface area contributed by atoms with Crippen LogP contribution in [0, 0.1) is 13.8 Å². The Hall–Kier alpha value is -3.65. The Morgan fingerprint density at radius 2 is 1.54 bits per heavy atom. The molecule has 1 aliphatic carbocycles. The SMILES string of the molecule is Cc1ccc(N(CC(=O)N(CCc2ccccc2)[C@H](C)C(=O)NC2CCCCC2)S(=O)(=O)c2ccccc2)c(C)c1. The van der Waals surface area contributed by atoms with Crippen molar-refractivity contribution in [2.45, 2.75) is 76.3 Å². The smallest absolute Gasteiger partial charge is 0.264 e. The van der Waals surface area contributed by atoms with Crippen molar-refractivity contribution in [3.63, 3.8) is 0 Å². The van der Waals surface area contributed by atoms with Gasteiger partial charge in [-0.1, -0.05) is 85.5 Å². The quantitative estimate of drug-likeness (QED) is 0.331. The van der Waals surface area contributed by atoms with Gasteiger partial charge in [0.1, 0.15) is 12.6 Å². The minimum atomic E-state index is -4.07. The van der Waals surface area contributed by atoms with Crippen LogP contribution in [-0.4, -0.2) is 50.3 Å². The fraction of sp³-hybridized carbons (Fsp3) is 0.394. The van der Waals surface area contributed by atoms with Gasteiger partial charge in [0.25, 0.3) is 10.0 Å². The first-order chi connectivity index (χ1) is 19.7. The number of benzene rings is 3. The number of anilines is 1. The third kappa shape index (κ3) is 7.76. The van der Waals surface area contributed by atoms with Crippen molar-refractivity contribution < 1.29 is 18.0 Å². The third-order valence-electron chi connectivity index (χ3n) is 7.83. The molecular formula is C33H41N3O4S. The topological polar surface area (TPSA) is 86.8 Å². The lowest BCUT2D eigenvalue weighted by Gasteiger charge is -2.33. The summed E-state index contributed by atoms with van der Waals surface area (Å²) in [6.07, 6.45) is 5.76. The fourth-order valence-corrected chi connectivity index (χ4v) is 6.96. The van der Waals surface area contributed by atoms with E-state index in [1.54, 1.807) is 31.2 Å². The fourth-order valence-electron chi connectivity index (χ4n) is 5.46. The molecule has 4 rings (SSSR count). The van der Waals surface area contributed by atoms with E-state index in [4.69, 9.17) is 0 Å². The molecule has 2 amide bonds. The van der Waals surface area contributed by atoms with Gasteiger partial charge in [0, 0.05) is 12.6 Å². The van der Waals surface area contributed by atoms with Gasteiger partial charge in [-0.2, -0.15) is 0 Å². The zero-order valence-corrected chi connectivity index (χ0v) is 25.1. The largest absolute Gasteiger partial charge is 0.352 e. The molecule has 0 spiro atoms. The molecule has 3 aromatic carbocycles. The second-order valence-electron chi connectivity index (χ2n) is 11.0. The van der Waals surface area contributed by atoms with Gasteiger partial charge in [-0.25, -0.2) is 8.42 Å². The molecule has 0 saturated heterocycles. The number of nitrogens with one attached hydrogen (secondary N) is 1. The van der Waals surface area contributed by atoms with Crippen LogP contribution in [0.25, 0.3) is 0 Å². The van der Waals surface area contributed by atoms with E-state index in [2.05, 4.69) is 5.32 Å². The van der Waals surface area contributed by atoms with Crippen molar-refractivity contribution in [2.75, 3.05) is 17.4 Å². The Labute approximate surface area is 244 Å². The zero-order valence-electron chi connectivity index (χ0n) is 24.3. The highest BCUT2D eigenvalue weighted by molar-refractivity contribution is 7.92. The second kappa shape index (κ2) is 13.8. The van der Waals surface area contributed by atoms with Crippen molar-refractivity contribution in [1.29, 1.82) is 0 Å². The van der Waals surface area contributed by atoms with Crippen LogP contribution >= 0.6 is 0 Å². The number of carbonyl (C=O) groups excluding carboxylic acids is 2. The Morgan fingerprint density at radius 1 is 0.902 bits per heavy atom. The van der Waals surface area contributed by atoms with Crippen LogP contribution in [0.2, 0.25) is 0 Å². The van der Waals surface area contributed by atoms with E-state index in [1.807, 2.05) is 56.3 Å². The number of hydrogen-bond acceptors (Lipinski definition) is 4. The Morgan fingerprint density at radius 3 is 2.17 bits per heavy atom. The van der Waals surface area contributed by atoms with Crippen molar-refractivity contribution in [2.24, 2.45) is 0 Å². The van der Waals surface area contributed by atoms with E-state index in [9.17, 15) is 18.0 Å². The van der Waals surface area contributed by atoms with Crippen molar-refractivity contribution in [3.05, 3.63) is 95.6 Å². The van der Waals surface area contributed by atoms with Crippen molar-refractivity contribution >= 4 is 27.5 Å². The number of amides is 2. The molecule has 1 N–H and O–H groups in total. The molecule has 8 heteroatoms. The Bertz CT molecular complexity index is 1420. The van der Waals surface area contributed by atoms with Gasteiger partial charge in [-0.3, -0.25) is 13.9 Å². The minimum Gasteiger partial charge on any atom is -0.352 e. The summed E-state index contributed by atoms with van der Waals surface area (Å²) in [4.78, 5) is 29.1. The molecule has 1 atom stereocenters. The first-order valence-corrected chi connectivity index (χ1v) is 15.9. The highest BCUT2D eigenvalue weighted by Crippen LogP contribution is 2.28. The molecule has 0 heterocycles. The molecule has 0 bridgehead atoms. The van der Waals surface area contributed by atoms with E-state index < -0.39 is 28.5 Å². The molecule has 7 nitrogen and oxygen atoms in total. The summed E-state index contributed by atoms with van der Waals surface area (Å²) in [5.74, 6) is -0.631. The van der Waals surface area contributed by atoms with Crippen LogP contribution < -0.4 is 9.62 Å². The average Bonchev–Trinajstić information content (AvgIpc) is 2.97. The van der Waals surface area contributed by atoms with Crippen LogP contribution in [0.15, 0.2) is 83.8 Å². The standard InChI is InChI=1S/C33H41N3O4S/c1-25-19-20-31(26(2)23-25)36(41(39,40)30-17-11-6-12-18-30)24-32(37)35(22-21-28-13-7-4-8-14-28)27(3)33(38)34-29-15-9-5-10-16-29/h4,6-8,11-14,17-20,23,27,29H,5,9-10,15-16,21-22,24H2,1-3H3,(H,34,38)/t27-/m1/s1. The number of carbonyl (C=O) groups is 2. The van der Waals surface area contributed by atoms with E-state index in [-0.39, 0.29) is 23.4 Å². The number of aryl methyl sites for hydroxylation is 2. The summed E-state index contributed by atoms with van der Waals surface area (Å²) in [6, 6.07) is 22.8. The van der Waals surface area contributed by atoms with Gasteiger partial charge < -0.3 is 10.2 Å². The molecule has 1 aliphatic rings. The lowest BCUT2D eigenvalue weighted by molar-refractivity contribution is -0.139. The maximum atomic E-state index is 14.1. The maximum absolute atomic E-state index is 14.1. The molecule has 41 heavy (non-hydrogen) atoms. The summed E-state index contributed by atoms with van der Waals surface area (Å²) in [6.45, 7) is 5.38. The average molecular weight is 576 g/mol. The monoisotopic (exact) mass is 575 g/mol. The highest BCUT2D eigenvalue weighted by atomic mass is 32.2. The Balaban J connectivity index is 1.65. The summed E-state index contributed by atoms with van der Waals surface area (Å²) in [5.41, 5.74) is 3.21. The van der Waals surface area contributed by atoms with E-state index >= 15 is 0 Å². The van der Waals surface area contributed by atoms with Gasteiger partial charge in [-0.15, -0.1) is 0 Å². The predicted molar refractivity (Wildman–Crippen MR) is 163 cm³/mol. The number of rotatable bonds is 11. The number of hydrogen-bond donors (Lipinski definition) is 1. The van der Waals surface area contributed by atoms with Gasteiger partial charge in [0.05, 0.1) is 10.6 Å². The maximum Gasteiger partial charge on any atom is 0.264 e. The summed E-state index contributed by atoms with van der Waals surface area (Å²) in [5, 5.41) is 3.14. The molecular weight excluding hydrogens is 534 g/mol. The molecule has 0 aliphatic heterocycles. The predicted octanol–water partition coefficient (Wildman–Crippen LogP) is 5.41. The lowest BCUT2D eigenvalue weighted by Crippen LogP contribution is -2.53. The molecule has 1 saturated carbocycles. The molecule has 218 valence electrons. The van der Waals surface area contributed by atoms with Crippen LogP contribution in [0.5, 0.6) is 0 Å². The molecule has 1 fully saturated rings. The van der Waals surface area contributed by atoms with Crippen LogP contribution in [0.4, 0.5) is 5.69 Å². The molecule has 0 radical (unpaired) electrons. The number of nitrogens with zero attached hydrogens (tertiary/aromatic N) is 2. The summed E-state index contributed by atoms with van der Waals surface area (Å²) in [7, 11) is -4.07. The third-order valence-corrected chi connectivity index (χ3v) is 9.61. The van der Waals surface area contributed by atoms with E-state index in [1.165, 1.54) is 27.8 Å². The van der Waals surface area contributed by atoms with Crippen LogP contribution in [0.1, 0.15) is 55.7 Å². The summed E-state index contributed by atoms with van der Waals surface area (Å²) < 4.78 is 29.1. The Kier molecular flexibility index (Phi) is 10.2. The first-order valence-electron chi connectivity index (χ1n) is 14.5. The first kappa shape index (κ1) is 30.3. The highest BCUT2D eigenvalue weighted by Gasteiger charge is 2.33. The van der Waals surface area contributed by atoms with E-state index in [0.717, 1.165) is 42.4 Å². The molecule has 0 unspecified atom stereocenters. The van der Waals surface area contributed by atoms with E-state index in [0.29, 0.717) is 12.1 Å². The molecule has 3 aromatic rings. The number of sulfonamides is 1. The van der Waals surface area contributed by atoms with Gasteiger partial charge in [0.15, 0.2) is 0 Å². The molecule has 0 aromatic heterocycles. The van der Waals surface area contributed by atoms with Crippen LogP contribution in [0.3, 0.4) is 0 Å². The normalized spacial score (nSPS) is 14.7. The second-order valence-corrected chi connectivity index (χ2v) is 12.8. The van der Waals surface area contributed by atoms with Gasteiger partial charge >= 0.3 is 0 Å². The van der Waals surface area contributed by atoms with Crippen LogP contribution in [-0.2, 0) is 26.0 Å². The van der Waals surface area contributed by atoms with Crippen molar-refractivity contribution in [1.82, 2.24) is 10.2 Å². The summed E-state index contributed by atoms with van der Waals surface area (Å²) >= 11 is 0.